The third kappa shape index (κ3) is 4.39. The first kappa shape index (κ1) is 17.0. The van der Waals surface area contributed by atoms with E-state index >= 15 is 0 Å². The summed E-state index contributed by atoms with van der Waals surface area (Å²) in [6.07, 6.45) is 2.69. The van der Waals surface area contributed by atoms with Gasteiger partial charge in [0, 0.05) is 25.3 Å². The molecule has 0 unspecified atom stereocenters. The van der Waals surface area contributed by atoms with Crippen LogP contribution in [-0.4, -0.2) is 47.0 Å². The number of para-hydroxylation sites is 2. The highest BCUT2D eigenvalue weighted by Gasteiger charge is 2.19. The molecule has 1 aliphatic heterocycles. The summed E-state index contributed by atoms with van der Waals surface area (Å²) in [6, 6.07) is 7.72. The van der Waals surface area contributed by atoms with Gasteiger partial charge in [0.1, 0.15) is 5.75 Å². The number of carbonyl (C=O) groups is 1. The first-order chi connectivity index (χ1) is 11.8. The van der Waals surface area contributed by atoms with E-state index in [1.807, 2.05) is 29.2 Å². The number of nitrogens with zero attached hydrogens (tertiary/aromatic N) is 3. The minimum absolute atomic E-state index is 0.291. The number of aromatic nitrogens is 2. The lowest BCUT2D eigenvalue weighted by Gasteiger charge is -2.14. The molecule has 1 fully saturated rings. The van der Waals surface area contributed by atoms with E-state index in [1.165, 1.54) is 11.3 Å². The fourth-order valence-corrected chi connectivity index (χ4v) is 4.30. The van der Waals surface area contributed by atoms with E-state index < -0.39 is 0 Å². The number of nitrogens with one attached hydrogen (secondary N) is 1. The SMILES string of the molecule is COc1ccccc1Nc1nnc(SCCCN2CCCC2=O)s1. The van der Waals surface area contributed by atoms with Gasteiger partial charge in [0.05, 0.1) is 12.8 Å². The maximum absolute atomic E-state index is 11.5. The van der Waals surface area contributed by atoms with Crippen LogP contribution in [0.3, 0.4) is 0 Å². The Morgan fingerprint density at radius 1 is 1.38 bits per heavy atom. The third-order valence-corrected chi connectivity index (χ3v) is 5.78. The molecule has 24 heavy (non-hydrogen) atoms. The fraction of sp³-hybridized carbons (Fsp3) is 0.438. The Morgan fingerprint density at radius 2 is 2.25 bits per heavy atom. The number of hydrogen-bond donors (Lipinski definition) is 1. The summed E-state index contributed by atoms with van der Waals surface area (Å²) >= 11 is 3.21. The highest BCUT2D eigenvalue weighted by Crippen LogP contribution is 2.31. The maximum Gasteiger partial charge on any atom is 0.222 e. The molecule has 1 saturated heterocycles. The molecule has 128 valence electrons. The quantitative estimate of drug-likeness (QED) is 0.572. The monoisotopic (exact) mass is 364 g/mol. The van der Waals surface area contributed by atoms with Crippen LogP contribution in [0.4, 0.5) is 10.8 Å². The highest BCUT2D eigenvalue weighted by molar-refractivity contribution is 8.01. The summed E-state index contributed by atoms with van der Waals surface area (Å²) in [6.45, 7) is 1.76. The van der Waals surface area contributed by atoms with Crippen LogP contribution < -0.4 is 10.1 Å². The Balaban J connectivity index is 1.46. The Bertz CT molecular complexity index is 692. The summed E-state index contributed by atoms with van der Waals surface area (Å²) in [5.74, 6) is 2.00. The van der Waals surface area contributed by atoms with E-state index in [0.717, 1.165) is 52.6 Å². The van der Waals surface area contributed by atoms with Gasteiger partial charge in [-0.1, -0.05) is 35.2 Å². The molecule has 0 aliphatic carbocycles. The van der Waals surface area contributed by atoms with Crippen molar-refractivity contribution in [2.45, 2.75) is 23.6 Å². The molecule has 0 spiro atoms. The smallest absolute Gasteiger partial charge is 0.222 e. The molecule has 0 bridgehead atoms. The minimum atomic E-state index is 0.291. The molecular formula is C16H20N4O2S2. The van der Waals surface area contributed by atoms with Crippen LogP contribution in [-0.2, 0) is 4.79 Å². The highest BCUT2D eigenvalue weighted by atomic mass is 32.2. The molecule has 1 aliphatic rings. The first-order valence-corrected chi connectivity index (χ1v) is 9.70. The number of anilines is 2. The van der Waals surface area contributed by atoms with E-state index in [1.54, 1.807) is 18.9 Å². The van der Waals surface area contributed by atoms with Crippen molar-refractivity contribution in [2.24, 2.45) is 0 Å². The number of benzene rings is 1. The van der Waals surface area contributed by atoms with Crippen molar-refractivity contribution in [1.82, 2.24) is 15.1 Å². The molecule has 8 heteroatoms. The van der Waals surface area contributed by atoms with Gasteiger partial charge in [-0.2, -0.15) is 0 Å². The molecule has 1 N–H and O–H groups in total. The summed E-state index contributed by atoms with van der Waals surface area (Å²) in [5, 5.41) is 12.4. The molecule has 1 aromatic heterocycles. The van der Waals surface area contributed by atoms with Crippen molar-refractivity contribution in [3.05, 3.63) is 24.3 Å². The van der Waals surface area contributed by atoms with Gasteiger partial charge in [-0.25, -0.2) is 0 Å². The van der Waals surface area contributed by atoms with Crippen LogP contribution >= 0.6 is 23.1 Å². The molecule has 1 amide bonds. The molecule has 1 aromatic carbocycles. The molecule has 3 rings (SSSR count). The van der Waals surface area contributed by atoms with Crippen molar-refractivity contribution in [3.63, 3.8) is 0 Å². The Labute approximate surface area is 149 Å². The molecular weight excluding hydrogens is 344 g/mol. The van der Waals surface area contributed by atoms with E-state index in [4.69, 9.17) is 4.74 Å². The van der Waals surface area contributed by atoms with Gasteiger partial charge < -0.3 is 15.0 Å². The minimum Gasteiger partial charge on any atom is -0.495 e. The lowest BCUT2D eigenvalue weighted by Crippen LogP contribution is -2.25. The van der Waals surface area contributed by atoms with E-state index in [0.29, 0.717) is 12.3 Å². The van der Waals surface area contributed by atoms with Crippen LogP contribution in [0.25, 0.3) is 0 Å². The summed E-state index contributed by atoms with van der Waals surface area (Å²) in [7, 11) is 1.65. The predicted octanol–water partition coefficient (Wildman–Crippen LogP) is 3.39. The number of ether oxygens (including phenoxy) is 1. The maximum atomic E-state index is 11.5. The molecule has 2 aromatic rings. The molecule has 0 saturated carbocycles. The number of hydrogen-bond acceptors (Lipinski definition) is 7. The largest absolute Gasteiger partial charge is 0.495 e. The molecule has 0 atom stereocenters. The van der Waals surface area contributed by atoms with Crippen molar-refractivity contribution in [1.29, 1.82) is 0 Å². The second kappa shape index (κ2) is 8.34. The molecule has 6 nitrogen and oxygen atoms in total. The topological polar surface area (TPSA) is 67.3 Å². The Morgan fingerprint density at radius 3 is 3.04 bits per heavy atom. The average Bonchev–Trinajstić information content (AvgIpc) is 3.21. The number of methoxy groups -OCH3 is 1. The van der Waals surface area contributed by atoms with Crippen molar-refractivity contribution in [3.8, 4) is 5.75 Å². The molecule has 0 radical (unpaired) electrons. The van der Waals surface area contributed by atoms with Gasteiger partial charge in [-0.05, 0) is 25.0 Å². The fourth-order valence-electron chi connectivity index (χ4n) is 2.54. The summed E-state index contributed by atoms with van der Waals surface area (Å²) < 4.78 is 6.25. The van der Waals surface area contributed by atoms with Crippen LogP contribution in [0.2, 0.25) is 0 Å². The van der Waals surface area contributed by atoms with E-state index in [9.17, 15) is 4.79 Å². The van der Waals surface area contributed by atoms with Gasteiger partial charge in [-0.3, -0.25) is 4.79 Å². The van der Waals surface area contributed by atoms with E-state index in [-0.39, 0.29) is 0 Å². The molecule has 2 heterocycles. The zero-order chi connectivity index (χ0) is 16.8. The number of likely N-dealkylation sites (tertiary alicyclic amines) is 1. The van der Waals surface area contributed by atoms with Crippen LogP contribution in [0.15, 0.2) is 28.6 Å². The number of amides is 1. The lowest BCUT2D eigenvalue weighted by atomic mass is 10.3. The number of rotatable bonds is 8. The predicted molar refractivity (Wildman–Crippen MR) is 97.3 cm³/mol. The van der Waals surface area contributed by atoms with Gasteiger partial charge in [0.15, 0.2) is 4.34 Å². The average molecular weight is 364 g/mol. The first-order valence-electron chi connectivity index (χ1n) is 7.90. The second-order valence-electron chi connectivity index (χ2n) is 5.38. The van der Waals surface area contributed by atoms with Gasteiger partial charge in [0.25, 0.3) is 0 Å². The Hall–Kier alpha value is -1.80. The van der Waals surface area contributed by atoms with Gasteiger partial charge >= 0.3 is 0 Å². The summed E-state index contributed by atoms with van der Waals surface area (Å²) in [4.78, 5) is 13.5. The van der Waals surface area contributed by atoms with Crippen molar-refractivity contribution < 1.29 is 9.53 Å². The lowest BCUT2D eigenvalue weighted by molar-refractivity contribution is -0.127. The van der Waals surface area contributed by atoms with Crippen LogP contribution in [0, 0.1) is 0 Å². The van der Waals surface area contributed by atoms with E-state index in [2.05, 4.69) is 15.5 Å². The van der Waals surface area contributed by atoms with Crippen molar-refractivity contribution >= 4 is 39.8 Å². The standard InChI is InChI=1S/C16H20N4O2S2/c1-22-13-7-3-2-6-12(13)17-15-18-19-16(24-15)23-11-5-10-20-9-4-8-14(20)21/h2-3,6-7H,4-5,8-11H2,1H3,(H,17,18). The Kier molecular flexibility index (Phi) is 5.92. The summed E-state index contributed by atoms with van der Waals surface area (Å²) in [5.41, 5.74) is 0.875. The zero-order valence-electron chi connectivity index (χ0n) is 13.5. The second-order valence-corrected chi connectivity index (χ2v) is 7.70. The third-order valence-electron chi connectivity index (χ3n) is 3.72. The normalized spacial score (nSPS) is 14.2. The van der Waals surface area contributed by atoms with Crippen molar-refractivity contribution in [2.75, 3.05) is 31.3 Å². The van der Waals surface area contributed by atoms with Gasteiger partial charge in [0.2, 0.25) is 11.0 Å². The number of carbonyl (C=O) groups excluding carboxylic acids is 1. The number of thioether (sulfide) groups is 1. The van der Waals surface area contributed by atoms with Crippen LogP contribution in [0.1, 0.15) is 19.3 Å². The van der Waals surface area contributed by atoms with Gasteiger partial charge in [-0.15, -0.1) is 10.2 Å². The van der Waals surface area contributed by atoms with Crippen LogP contribution in [0.5, 0.6) is 5.75 Å². The zero-order valence-corrected chi connectivity index (χ0v) is 15.2.